The molecule has 4 nitrogen and oxygen atoms in total. The molecule has 1 unspecified atom stereocenters. The SMILES string of the molecule is Cc1cc(NC2CCCOc3cc(Cl)ccc32)ncn1. The van der Waals surface area contributed by atoms with E-state index in [4.69, 9.17) is 16.3 Å². The quantitative estimate of drug-likeness (QED) is 0.914. The van der Waals surface area contributed by atoms with Crippen molar-refractivity contribution in [3.63, 3.8) is 0 Å². The van der Waals surface area contributed by atoms with E-state index >= 15 is 0 Å². The fourth-order valence-electron chi connectivity index (χ4n) is 2.41. The van der Waals surface area contributed by atoms with Crippen molar-refractivity contribution in [2.45, 2.75) is 25.8 Å². The molecule has 2 aromatic rings. The van der Waals surface area contributed by atoms with Crippen molar-refractivity contribution in [2.75, 3.05) is 11.9 Å². The van der Waals surface area contributed by atoms with E-state index in [0.717, 1.165) is 35.7 Å². The number of aromatic nitrogens is 2. The number of benzene rings is 1. The summed E-state index contributed by atoms with van der Waals surface area (Å²) in [7, 11) is 0. The van der Waals surface area contributed by atoms with Crippen LogP contribution in [-0.2, 0) is 0 Å². The second-order valence-corrected chi connectivity index (χ2v) is 5.35. The molecule has 1 aliphatic heterocycles. The molecule has 0 amide bonds. The number of fused-ring (bicyclic) bond motifs is 1. The van der Waals surface area contributed by atoms with Crippen LogP contribution in [0.5, 0.6) is 5.75 Å². The van der Waals surface area contributed by atoms with Gasteiger partial charge in [-0.3, -0.25) is 0 Å². The number of rotatable bonds is 2. The highest BCUT2D eigenvalue weighted by molar-refractivity contribution is 6.30. The Morgan fingerprint density at radius 1 is 1.30 bits per heavy atom. The Kier molecular flexibility index (Phi) is 3.74. The van der Waals surface area contributed by atoms with Crippen LogP contribution in [0.3, 0.4) is 0 Å². The maximum absolute atomic E-state index is 6.04. The van der Waals surface area contributed by atoms with Gasteiger partial charge in [0.05, 0.1) is 12.6 Å². The summed E-state index contributed by atoms with van der Waals surface area (Å²) in [5.74, 6) is 1.70. The van der Waals surface area contributed by atoms with E-state index in [-0.39, 0.29) is 6.04 Å². The van der Waals surface area contributed by atoms with Gasteiger partial charge in [-0.1, -0.05) is 17.7 Å². The van der Waals surface area contributed by atoms with Crippen LogP contribution in [-0.4, -0.2) is 16.6 Å². The summed E-state index contributed by atoms with van der Waals surface area (Å²) in [6, 6.07) is 7.92. The number of anilines is 1. The number of aryl methyl sites for hydroxylation is 1. The number of hydrogen-bond donors (Lipinski definition) is 1. The average Bonchev–Trinajstić information content (AvgIpc) is 2.61. The van der Waals surface area contributed by atoms with Crippen LogP contribution >= 0.6 is 11.6 Å². The molecule has 3 rings (SSSR count). The molecule has 2 heterocycles. The summed E-state index contributed by atoms with van der Waals surface area (Å²) in [6.45, 7) is 2.67. The predicted octanol–water partition coefficient (Wildman–Crippen LogP) is 3.76. The van der Waals surface area contributed by atoms with Gasteiger partial charge in [0.2, 0.25) is 0 Å². The summed E-state index contributed by atoms with van der Waals surface area (Å²) < 4.78 is 5.76. The number of halogens is 1. The summed E-state index contributed by atoms with van der Waals surface area (Å²) in [5.41, 5.74) is 2.08. The minimum atomic E-state index is 0.180. The van der Waals surface area contributed by atoms with Gasteiger partial charge in [-0.05, 0) is 31.9 Å². The molecule has 0 bridgehead atoms. The summed E-state index contributed by atoms with van der Waals surface area (Å²) >= 11 is 6.04. The van der Waals surface area contributed by atoms with Crippen LogP contribution in [0.1, 0.15) is 30.1 Å². The van der Waals surface area contributed by atoms with Gasteiger partial charge in [-0.15, -0.1) is 0 Å². The first-order valence-electron chi connectivity index (χ1n) is 6.70. The summed E-state index contributed by atoms with van der Waals surface area (Å²) in [6.07, 6.45) is 3.57. The van der Waals surface area contributed by atoms with Crippen LogP contribution in [0.4, 0.5) is 5.82 Å². The van der Waals surface area contributed by atoms with Crippen LogP contribution in [0, 0.1) is 6.92 Å². The molecule has 0 aliphatic carbocycles. The molecule has 1 aromatic carbocycles. The minimum absolute atomic E-state index is 0.180. The molecule has 1 atom stereocenters. The molecule has 0 saturated carbocycles. The van der Waals surface area contributed by atoms with E-state index in [9.17, 15) is 0 Å². The maximum atomic E-state index is 6.04. The van der Waals surface area contributed by atoms with Crippen LogP contribution in [0.15, 0.2) is 30.6 Å². The number of hydrogen-bond acceptors (Lipinski definition) is 4. The summed E-state index contributed by atoms with van der Waals surface area (Å²) in [5, 5.41) is 4.16. The first-order valence-corrected chi connectivity index (χ1v) is 7.07. The van der Waals surface area contributed by atoms with E-state index in [0.29, 0.717) is 11.6 Å². The number of nitrogens with one attached hydrogen (secondary N) is 1. The maximum Gasteiger partial charge on any atom is 0.130 e. The van der Waals surface area contributed by atoms with Crippen LogP contribution < -0.4 is 10.1 Å². The van der Waals surface area contributed by atoms with Gasteiger partial charge in [0.25, 0.3) is 0 Å². The van der Waals surface area contributed by atoms with Crippen LogP contribution in [0.2, 0.25) is 5.02 Å². The first kappa shape index (κ1) is 13.2. The second kappa shape index (κ2) is 5.67. The second-order valence-electron chi connectivity index (χ2n) is 4.91. The summed E-state index contributed by atoms with van der Waals surface area (Å²) in [4.78, 5) is 8.38. The molecule has 0 saturated heterocycles. The zero-order valence-corrected chi connectivity index (χ0v) is 12.0. The van der Waals surface area contributed by atoms with Crippen molar-refractivity contribution in [1.29, 1.82) is 0 Å². The smallest absolute Gasteiger partial charge is 0.130 e. The first-order chi connectivity index (χ1) is 9.72. The highest BCUT2D eigenvalue weighted by atomic mass is 35.5. The van der Waals surface area contributed by atoms with E-state index in [2.05, 4.69) is 15.3 Å². The lowest BCUT2D eigenvalue weighted by molar-refractivity contribution is 0.316. The molecule has 5 heteroatoms. The van der Waals surface area contributed by atoms with Gasteiger partial charge >= 0.3 is 0 Å². The Hall–Kier alpha value is -1.81. The lowest BCUT2D eigenvalue weighted by atomic mass is 10.0. The fraction of sp³-hybridized carbons (Fsp3) is 0.333. The van der Waals surface area contributed by atoms with Gasteiger partial charge in [0.15, 0.2) is 0 Å². The van der Waals surface area contributed by atoms with Crippen LogP contribution in [0.25, 0.3) is 0 Å². The minimum Gasteiger partial charge on any atom is -0.493 e. The molecular weight excluding hydrogens is 274 g/mol. The van der Waals surface area contributed by atoms with Crippen molar-refractivity contribution >= 4 is 17.4 Å². The normalized spacial score (nSPS) is 17.8. The van der Waals surface area contributed by atoms with Crippen molar-refractivity contribution in [1.82, 2.24) is 9.97 Å². The van der Waals surface area contributed by atoms with E-state index < -0.39 is 0 Å². The highest BCUT2D eigenvalue weighted by Gasteiger charge is 2.20. The Bertz CT molecular complexity index is 618. The van der Waals surface area contributed by atoms with E-state index in [1.54, 1.807) is 6.33 Å². The van der Waals surface area contributed by atoms with Gasteiger partial charge in [-0.2, -0.15) is 0 Å². The third kappa shape index (κ3) is 2.85. The van der Waals surface area contributed by atoms with Gasteiger partial charge in [-0.25, -0.2) is 9.97 Å². The van der Waals surface area contributed by atoms with Gasteiger partial charge < -0.3 is 10.1 Å². The average molecular weight is 290 g/mol. The van der Waals surface area contributed by atoms with Crippen molar-refractivity contribution in [3.8, 4) is 5.75 Å². The van der Waals surface area contributed by atoms with Crippen molar-refractivity contribution in [2.24, 2.45) is 0 Å². The Balaban J connectivity index is 1.90. The standard InChI is InChI=1S/C15H16ClN3O/c1-10-7-15(18-9-17-10)19-13-3-2-6-20-14-8-11(16)4-5-12(13)14/h4-5,7-9,13H,2-3,6H2,1H3,(H,17,18,19). The Labute approximate surface area is 123 Å². The third-order valence-corrected chi connectivity index (χ3v) is 3.61. The molecule has 1 N–H and O–H groups in total. The third-order valence-electron chi connectivity index (χ3n) is 3.37. The monoisotopic (exact) mass is 289 g/mol. The molecule has 0 spiro atoms. The fourth-order valence-corrected chi connectivity index (χ4v) is 2.57. The lowest BCUT2D eigenvalue weighted by Crippen LogP contribution is -2.11. The Morgan fingerprint density at radius 2 is 2.20 bits per heavy atom. The van der Waals surface area contributed by atoms with Crippen molar-refractivity contribution < 1.29 is 4.74 Å². The lowest BCUT2D eigenvalue weighted by Gasteiger charge is -2.19. The van der Waals surface area contributed by atoms with Gasteiger partial charge in [0, 0.05) is 22.3 Å². The molecule has 0 radical (unpaired) electrons. The predicted molar refractivity (Wildman–Crippen MR) is 79.3 cm³/mol. The largest absolute Gasteiger partial charge is 0.493 e. The zero-order valence-electron chi connectivity index (χ0n) is 11.3. The van der Waals surface area contributed by atoms with Crippen molar-refractivity contribution in [3.05, 3.63) is 46.9 Å². The number of ether oxygens (including phenoxy) is 1. The highest BCUT2D eigenvalue weighted by Crippen LogP contribution is 2.35. The zero-order chi connectivity index (χ0) is 13.9. The molecule has 1 aromatic heterocycles. The van der Waals surface area contributed by atoms with E-state index in [1.165, 1.54) is 0 Å². The molecule has 20 heavy (non-hydrogen) atoms. The van der Waals surface area contributed by atoms with E-state index in [1.807, 2.05) is 31.2 Å². The molecule has 0 fully saturated rings. The molecule has 1 aliphatic rings. The molecule has 104 valence electrons. The topological polar surface area (TPSA) is 47.0 Å². The van der Waals surface area contributed by atoms with Gasteiger partial charge in [0.1, 0.15) is 17.9 Å². The molecular formula is C15H16ClN3O. The number of nitrogens with zero attached hydrogens (tertiary/aromatic N) is 2. The Morgan fingerprint density at radius 3 is 3.05 bits per heavy atom.